The molecule has 0 aromatic heterocycles. The molecule has 0 fully saturated rings. The van der Waals surface area contributed by atoms with Gasteiger partial charge in [-0.05, 0) is 50.2 Å². The molecule has 0 aliphatic rings. The maximum absolute atomic E-state index is 11.9. The van der Waals surface area contributed by atoms with E-state index in [9.17, 15) is 8.42 Å². The Kier molecular flexibility index (Phi) is 6.98. The monoisotopic (exact) mass is 300 g/mol. The number of hydrogen-bond acceptors (Lipinski definition) is 4. The third-order valence-corrected chi connectivity index (χ3v) is 4.63. The molecule has 0 saturated carbocycles. The van der Waals surface area contributed by atoms with E-state index in [2.05, 4.69) is 12.2 Å². The summed E-state index contributed by atoms with van der Waals surface area (Å²) in [6.45, 7) is 4.71. The molecule has 20 heavy (non-hydrogen) atoms. The van der Waals surface area contributed by atoms with E-state index in [1.165, 1.54) is 18.4 Å². The third-order valence-electron chi connectivity index (χ3n) is 2.80. The number of benzene rings is 1. The number of ether oxygens (including phenoxy) is 1. The summed E-state index contributed by atoms with van der Waals surface area (Å²) in [5.74, 6) is 0.693. The zero-order valence-electron chi connectivity index (χ0n) is 12.4. The molecule has 1 aromatic rings. The lowest BCUT2D eigenvalue weighted by molar-refractivity contribution is 0.308. The molecule has 5 nitrogen and oxygen atoms in total. The van der Waals surface area contributed by atoms with Crippen LogP contribution in [0.2, 0.25) is 0 Å². The van der Waals surface area contributed by atoms with Crippen LogP contribution < -0.4 is 10.1 Å². The van der Waals surface area contributed by atoms with Gasteiger partial charge in [0.15, 0.2) is 0 Å². The van der Waals surface area contributed by atoms with Gasteiger partial charge in [0.25, 0.3) is 0 Å². The van der Waals surface area contributed by atoms with Crippen LogP contribution in [0.4, 0.5) is 0 Å². The predicted molar refractivity (Wildman–Crippen MR) is 80.6 cm³/mol. The normalized spacial score (nSPS) is 11.8. The van der Waals surface area contributed by atoms with Crippen molar-refractivity contribution in [3.63, 3.8) is 0 Å². The summed E-state index contributed by atoms with van der Waals surface area (Å²) in [6.07, 6.45) is 2.06. The Morgan fingerprint density at radius 2 is 1.80 bits per heavy atom. The molecule has 1 N–H and O–H groups in total. The quantitative estimate of drug-likeness (QED) is 0.705. The van der Waals surface area contributed by atoms with Gasteiger partial charge in [-0.25, -0.2) is 12.7 Å². The van der Waals surface area contributed by atoms with Crippen LogP contribution in [0.3, 0.4) is 0 Å². The molecule has 0 aliphatic carbocycles. The van der Waals surface area contributed by atoms with Crippen molar-refractivity contribution in [2.24, 2.45) is 0 Å². The summed E-state index contributed by atoms with van der Waals surface area (Å²) in [7, 11) is -0.328. The number of hydrogen-bond donors (Lipinski definition) is 1. The van der Waals surface area contributed by atoms with Crippen molar-refractivity contribution in [3.05, 3.63) is 24.3 Å². The first-order chi connectivity index (χ1) is 9.48. The molecule has 0 unspecified atom stereocenters. The predicted octanol–water partition coefficient (Wildman–Crippen LogP) is 1.71. The molecule has 1 aromatic carbocycles. The Bertz CT molecular complexity index is 484. The molecule has 6 heteroatoms. The number of nitrogens with zero attached hydrogens (tertiary/aromatic N) is 1. The first-order valence-electron chi connectivity index (χ1n) is 6.84. The molecule has 0 atom stereocenters. The highest BCUT2D eigenvalue weighted by Crippen LogP contribution is 2.18. The Labute approximate surface area is 122 Å². The van der Waals surface area contributed by atoms with E-state index in [1.807, 2.05) is 0 Å². The largest absolute Gasteiger partial charge is 0.494 e. The summed E-state index contributed by atoms with van der Waals surface area (Å²) in [5.41, 5.74) is 0. The summed E-state index contributed by atoms with van der Waals surface area (Å²) < 4.78 is 30.5. The highest BCUT2D eigenvalue weighted by atomic mass is 32.2. The van der Waals surface area contributed by atoms with Crippen molar-refractivity contribution in [2.45, 2.75) is 24.7 Å². The highest BCUT2D eigenvalue weighted by molar-refractivity contribution is 7.89. The van der Waals surface area contributed by atoms with Gasteiger partial charge in [0.1, 0.15) is 5.75 Å². The van der Waals surface area contributed by atoms with E-state index in [1.54, 1.807) is 24.3 Å². The third kappa shape index (κ3) is 5.11. The van der Waals surface area contributed by atoms with Crippen molar-refractivity contribution >= 4 is 10.0 Å². The van der Waals surface area contributed by atoms with Crippen LogP contribution in [0.25, 0.3) is 0 Å². The number of nitrogens with one attached hydrogen (secondary N) is 1. The fourth-order valence-corrected chi connectivity index (χ4v) is 2.51. The van der Waals surface area contributed by atoms with Crippen LogP contribution in [-0.4, -0.2) is 46.5 Å². The van der Waals surface area contributed by atoms with Gasteiger partial charge in [0, 0.05) is 14.1 Å². The topological polar surface area (TPSA) is 58.6 Å². The fraction of sp³-hybridized carbons (Fsp3) is 0.571. The molecule has 0 aliphatic heterocycles. The SMILES string of the molecule is CCCNCCCOc1ccc(S(=O)(=O)N(C)C)cc1. The average Bonchev–Trinajstić information content (AvgIpc) is 2.43. The van der Waals surface area contributed by atoms with E-state index < -0.39 is 10.0 Å². The van der Waals surface area contributed by atoms with E-state index in [4.69, 9.17) is 4.74 Å². The smallest absolute Gasteiger partial charge is 0.242 e. The number of rotatable bonds is 9. The first-order valence-corrected chi connectivity index (χ1v) is 8.28. The van der Waals surface area contributed by atoms with Crippen molar-refractivity contribution < 1.29 is 13.2 Å². The highest BCUT2D eigenvalue weighted by Gasteiger charge is 2.16. The molecule has 0 saturated heterocycles. The van der Waals surface area contributed by atoms with E-state index in [-0.39, 0.29) is 4.90 Å². The second-order valence-corrected chi connectivity index (χ2v) is 6.86. The first kappa shape index (κ1) is 16.9. The zero-order chi connectivity index (χ0) is 15.0. The zero-order valence-corrected chi connectivity index (χ0v) is 13.2. The maximum Gasteiger partial charge on any atom is 0.242 e. The second kappa shape index (κ2) is 8.24. The van der Waals surface area contributed by atoms with Crippen LogP contribution in [-0.2, 0) is 10.0 Å². The van der Waals surface area contributed by atoms with E-state index in [0.29, 0.717) is 12.4 Å². The van der Waals surface area contributed by atoms with Crippen LogP contribution >= 0.6 is 0 Å². The Balaban J connectivity index is 2.44. The molecule has 0 heterocycles. The minimum atomic E-state index is -3.36. The van der Waals surface area contributed by atoms with Gasteiger partial charge < -0.3 is 10.1 Å². The molecule has 0 bridgehead atoms. The van der Waals surface area contributed by atoms with Crippen molar-refractivity contribution in [2.75, 3.05) is 33.8 Å². The summed E-state index contributed by atoms with van der Waals surface area (Å²) in [6, 6.07) is 6.52. The molecule has 0 spiro atoms. The van der Waals surface area contributed by atoms with Crippen molar-refractivity contribution in [1.29, 1.82) is 0 Å². The lowest BCUT2D eigenvalue weighted by atomic mass is 10.3. The van der Waals surface area contributed by atoms with Gasteiger partial charge >= 0.3 is 0 Å². The Morgan fingerprint density at radius 3 is 2.35 bits per heavy atom. The van der Waals surface area contributed by atoms with E-state index in [0.717, 1.165) is 25.9 Å². The van der Waals surface area contributed by atoms with Crippen LogP contribution in [0.1, 0.15) is 19.8 Å². The molecular weight excluding hydrogens is 276 g/mol. The van der Waals surface area contributed by atoms with E-state index >= 15 is 0 Å². The van der Waals surface area contributed by atoms with Crippen molar-refractivity contribution in [3.8, 4) is 5.75 Å². The van der Waals surface area contributed by atoms with Crippen LogP contribution in [0.5, 0.6) is 5.75 Å². The lowest BCUT2D eigenvalue weighted by Gasteiger charge is -2.12. The molecular formula is C14H24N2O3S. The minimum absolute atomic E-state index is 0.277. The molecule has 114 valence electrons. The Hall–Kier alpha value is -1.11. The summed E-state index contributed by atoms with van der Waals surface area (Å²) >= 11 is 0. The molecule has 1 rings (SSSR count). The fourth-order valence-electron chi connectivity index (χ4n) is 1.61. The minimum Gasteiger partial charge on any atom is -0.494 e. The molecule has 0 radical (unpaired) electrons. The van der Waals surface area contributed by atoms with Gasteiger partial charge in [-0.15, -0.1) is 0 Å². The van der Waals surface area contributed by atoms with Gasteiger partial charge in [0.2, 0.25) is 10.0 Å². The van der Waals surface area contributed by atoms with Gasteiger partial charge in [-0.3, -0.25) is 0 Å². The standard InChI is InChI=1S/C14H24N2O3S/c1-4-10-15-11-5-12-19-13-6-8-14(9-7-13)20(17,18)16(2)3/h6-9,15H,4-5,10-12H2,1-3H3. The molecule has 0 amide bonds. The average molecular weight is 300 g/mol. The van der Waals surface area contributed by atoms with Gasteiger partial charge in [-0.1, -0.05) is 6.92 Å². The Morgan fingerprint density at radius 1 is 1.15 bits per heavy atom. The number of sulfonamides is 1. The summed E-state index contributed by atoms with van der Waals surface area (Å²) in [4.78, 5) is 0.277. The van der Waals surface area contributed by atoms with Gasteiger partial charge in [-0.2, -0.15) is 0 Å². The van der Waals surface area contributed by atoms with Gasteiger partial charge in [0.05, 0.1) is 11.5 Å². The van der Waals surface area contributed by atoms with Crippen molar-refractivity contribution in [1.82, 2.24) is 9.62 Å². The summed E-state index contributed by atoms with van der Waals surface area (Å²) in [5, 5.41) is 3.30. The maximum atomic E-state index is 11.9. The second-order valence-electron chi connectivity index (χ2n) is 4.71. The van der Waals surface area contributed by atoms with Crippen LogP contribution in [0, 0.1) is 0 Å². The lowest BCUT2D eigenvalue weighted by Crippen LogP contribution is -2.22. The van der Waals surface area contributed by atoms with Crippen LogP contribution in [0.15, 0.2) is 29.2 Å².